The van der Waals surface area contributed by atoms with Gasteiger partial charge in [0.05, 0.1) is 10.5 Å². The van der Waals surface area contributed by atoms with Crippen molar-refractivity contribution in [1.82, 2.24) is 19.7 Å². The molecule has 9 nitrogen and oxygen atoms in total. The SMILES string of the molecule is Cc1nccn1-c1ccc(Oc2ccc(NC(=O)c3ccccc3S(=O)(=O)C(F)F)cc2)nn1. The van der Waals surface area contributed by atoms with Gasteiger partial charge >= 0.3 is 5.76 Å². The molecule has 0 aliphatic heterocycles. The van der Waals surface area contributed by atoms with Crippen LogP contribution in [0.25, 0.3) is 5.82 Å². The number of nitrogens with zero attached hydrogens (tertiary/aromatic N) is 4. The number of rotatable bonds is 7. The number of anilines is 1. The average molecular weight is 485 g/mol. The van der Waals surface area contributed by atoms with Gasteiger partial charge in [-0.2, -0.15) is 8.78 Å². The van der Waals surface area contributed by atoms with E-state index in [9.17, 15) is 22.0 Å². The molecule has 0 radical (unpaired) electrons. The van der Waals surface area contributed by atoms with Crippen LogP contribution < -0.4 is 10.1 Å². The standard InChI is InChI=1S/C22H17F2N5O4S/c1-14-25-12-13-29(14)19-10-11-20(28-27-19)33-16-8-6-15(7-9-16)26-21(30)17-4-2-3-5-18(17)34(31,32)22(23)24/h2-13,22H,1H3,(H,26,30). The molecule has 174 valence electrons. The Bertz CT molecular complexity index is 1420. The molecule has 0 bridgehead atoms. The normalized spacial score (nSPS) is 11.4. The number of hydrogen-bond donors (Lipinski definition) is 1. The highest BCUT2D eigenvalue weighted by Gasteiger charge is 2.30. The first kappa shape index (κ1) is 23.0. The van der Waals surface area contributed by atoms with Crippen molar-refractivity contribution in [2.45, 2.75) is 17.6 Å². The van der Waals surface area contributed by atoms with E-state index < -0.39 is 26.4 Å². The molecule has 1 N–H and O–H groups in total. The number of aromatic nitrogens is 4. The lowest BCUT2D eigenvalue weighted by Crippen LogP contribution is -2.19. The Morgan fingerprint density at radius 3 is 2.38 bits per heavy atom. The van der Waals surface area contributed by atoms with E-state index in [2.05, 4.69) is 20.5 Å². The van der Waals surface area contributed by atoms with Gasteiger partial charge in [-0.3, -0.25) is 9.36 Å². The van der Waals surface area contributed by atoms with Crippen molar-refractivity contribution in [3.05, 3.63) is 84.4 Å². The summed E-state index contributed by atoms with van der Waals surface area (Å²) in [6, 6.07) is 14.3. The summed E-state index contributed by atoms with van der Waals surface area (Å²) in [5.74, 6) is -2.50. The van der Waals surface area contributed by atoms with Gasteiger partial charge in [0.25, 0.3) is 5.91 Å². The van der Waals surface area contributed by atoms with Crippen molar-refractivity contribution in [3.8, 4) is 17.4 Å². The van der Waals surface area contributed by atoms with E-state index in [-0.39, 0.29) is 11.4 Å². The van der Waals surface area contributed by atoms with Gasteiger partial charge in [0, 0.05) is 24.1 Å². The maximum Gasteiger partial charge on any atom is 0.341 e. The number of carbonyl (C=O) groups excluding carboxylic acids is 1. The molecular weight excluding hydrogens is 468 g/mol. The highest BCUT2D eigenvalue weighted by atomic mass is 32.2. The summed E-state index contributed by atoms with van der Waals surface area (Å²) in [7, 11) is -4.94. The fourth-order valence-electron chi connectivity index (χ4n) is 3.04. The summed E-state index contributed by atoms with van der Waals surface area (Å²) in [5, 5.41) is 10.6. The second-order valence-corrected chi connectivity index (χ2v) is 8.84. The quantitative estimate of drug-likeness (QED) is 0.420. The third-order valence-corrected chi connectivity index (χ3v) is 6.14. The van der Waals surface area contributed by atoms with Gasteiger partial charge in [0.15, 0.2) is 5.82 Å². The maximum absolute atomic E-state index is 13.0. The van der Waals surface area contributed by atoms with Crippen LogP contribution in [0.2, 0.25) is 0 Å². The Hall–Kier alpha value is -4.19. The molecule has 0 fully saturated rings. The van der Waals surface area contributed by atoms with Crippen LogP contribution in [0.1, 0.15) is 16.2 Å². The molecule has 12 heteroatoms. The lowest BCUT2D eigenvalue weighted by Gasteiger charge is -2.11. The predicted octanol–water partition coefficient (Wildman–Crippen LogP) is 4.01. The molecule has 0 atom stereocenters. The summed E-state index contributed by atoms with van der Waals surface area (Å²) in [6.45, 7) is 1.84. The average Bonchev–Trinajstić information content (AvgIpc) is 3.26. The van der Waals surface area contributed by atoms with Gasteiger partial charge in [0.1, 0.15) is 11.6 Å². The summed E-state index contributed by atoms with van der Waals surface area (Å²) in [4.78, 5) is 15.9. The minimum absolute atomic E-state index is 0.240. The van der Waals surface area contributed by atoms with Crippen molar-refractivity contribution in [1.29, 1.82) is 0 Å². The smallest absolute Gasteiger partial charge is 0.341 e. The van der Waals surface area contributed by atoms with Gasteiger partial charge in [0.2, 0.25) is 15.7 Å². The van der Waals surface area contributed by atoms with Crippen LogP contribution >= 0.6 is 0 Å². The highest BCUT2D eigenvalue weighted by Crippen LogP contribution is 2.25. The van der Waals surface area contributed by atoms with E-state index in [1.165, 1.54) is 24.3 Å². The van der Waals surface area contributed by atoms with Crippen molar-refractivity contribution < 1.29 is 26.7 Å². The van der Waals surface area contributed by atoms with Crippen LogP contribution in [0, 0.1) is 6.92 Å². The summed E-state index contributed by atoms with van der Waals surface area (Å²) < 4.78 is 57.1. The topological polar surface area (TPSA) is 116 Å². The summed E-state index contributed by atoms with van der Waals surface area (Å²) in [5.41, 5.74) is -0.0785. The number of nitrogens with one attached hydrogen (secondary N) is 1. The number of aryl methyl sites for hydroxylation is 1. The number of benzene rings is 2. The van der Waals surface area contributed by atoms with Gasteiger partial charge in [-0.1, -0.05) is 12.1 Å². The lowest BCUT2D eigenvalue weighted by atomic mass is 10.2. The van der Waals surface area contributed by atoms with Crippen LogP contribution in [0.15, 0.2) is 78.0 Å². The first-order chi connectivity index (χ1) is 16.3. The predicted molar refractivity (Wildman–Crippen MR) is 118 cm³/mol. The number of amides is 1. The third-order valence-electron chi connectivity index (χ3n) is 4.71. The van der Waals surface area contributed by atoms with Crippen molar-refractivity contribution in [3.63, 3.8) is 0 Å². The first-order valence-corrected chi connectivity index (χ1v) is 11.3. The molecule has 0 aliphatic rings. The Morgan fingerprint density at radius 2 is 1.76 bits per heavy atom. The number of halogens is 2. The zero-order valence-electron chi connectivity index (χ0n) is 17.6. The molecule has 2 aromatic heterocycles. The third kappa shape index (κ3) is 4.76. The first-order valence-electron chi connectivity index (χ1n) is 9.80. The van der Waals surface area contributed by atoms with E-state index >= 15 is 0 Å². The second kappa shape index (κ2) is 9.35. The zero-order chi connectivity index (χ0) is 24.3. The monoisotopic (exact) mass is 485 g/mol. The van der Waals surface area contributed by atoms with Crippen LogP contribution in [-0.4, -0.2) is 39.8 Å². The number of carbonyl (C=O) groups is 1. The van der Waals surface area contributed by atoms with Gasteiger partial charge < -0.3 is 10.1 Å². The van der Waals surface area contributed by atoms with Crippen molar-refractivity contribution in [2.24, 2.45) is 0 Å². The van der Waals surface area contributed by atoms with Crippen LogP contribution in [-0.2, 0) is 9.84 Å². The van der Waals surface area contributed by atoms with Crippen molar-refractivity contribution in [2.75, 3.05) is 5.32 Å². The minimum atomic E-state index is -4.94. The molecule has 0 saturated carbocycles. The van der Waals surface area contributed by atoms with E-state index in [0.29, 0.717) is 17.3 Å². The fraction of sp³-hybridized carbons (Fsp3) is 0.0909. The van der Waals surface area contributed by atoms with Crippen molar-refractivity contribution >= 4 is 21.4 Å². The summed E-state index contributed by atoms with van der Waals surface area (Å²) >= 11 is 0. The van der Waals surface area contributed by atoms with E-state index in [1.807, 2.05) is 6.92 Å². The Kier molecular flexibility index (Phi) is 6.32. The van der Waals surface area contributed by atoms with E-state index in [1.54, 1.807) is 41.2 Å². The lowest BCUT2D eigenvalue weighted by molar-refractivity contribution is 0.102. The molecule has 0 saturated heterocycles. The number of imidazole rings is 1. The van der Waals surface area contributed by atoms with Crippen LogP contribution in [0.5, 0.6) is 11.6 Å². The second-order valence-electron chi connectivity index (χ2n) is 6.96. The molecule has 0 spiro atoms. The van der Waals surface area contributed by atoms with E-state index in [4.69, 9.17) is 4.74 Å². The molecule has 1 amide bonds. The number of alkyl halides is 2. The summed E-state index contributed by atoms with van der Waals surface area (Å²) in [6.07, 6.45) is 3.41. The molecule has 0 aliphatic carbocycles. The van der Waals surface area contributed by atoms with Gasteiger partial charge in [-0.15, -0.1) is 10.2 Å². The largest absolute Gasteiger partial charge is 0.438 e. The molecule has 4 aromatic rings. The molecule has 2 aromatic carbocycles. The molecule has 4 rings (SSSR count). The Morgan fingerprint density at radius 1 is 1.03 bits per heavy atom. The highest BCUT2D eigenvalue weighted by molar-refractivity contribution is 7.91. The molecular formula is C22H17F2N5O4S. The van der Waals surface area contributed by atoms with Crippen LogP contribution in [0.4, 0.5) is 14.5 Å². The molecule has 2 heterocycles. The Labute approximate surface area is 193 Å². The number of sulfone groups is 1. The van der Waals surface area contributed by atoms with Gasteiger partial charge in [-0.25, -0.2) is 13.4 Å². The fourth-order valence-corrected chi connectivity index (χ4v) is 3.97. The molecule has 34 heavy (non-hydrogen) atoms. The van der Waals surface area contributed by atoms with Crippen LogP contribution in [0.3, 0.4) is 0 Å². The zero-order valence-corrected chi connectivity index (χ0v) is 18.4. The molecule has 0 unspecified atom stereocenters. The van der Waals surface area contributed by atoms with E-state index in [0.717, 1.165) is 18.0 Å². The van der Waals surface area contributed by atoms with Gasteiger partial charge in [-0.05, 0) is 49.4 Å². The number of hydrogen-bond acceptors (Lipinski definition) is 7. The Balaban J connectivity index is 1.45. The number of ether oxygens (including phenoxy) is 1. The maximum atomic E-state index is 13.0. The minimum Gasteiger partial charge on any atom is -0.438 e.